The van der Waals surface area contributed by atoms with Gasteiger partial charge < -0.3 is 0 Å². The maximum atomic E-state index is 10.7. The Kier molecular flexibility index (Phi) is 2.49. The van der Waals surface area contributed by atoms with Crippen molar-refractivity contribution in [3.63, 3.8) is 0 Å². The van der Waals surface area contributed by atoms with Crippen LogP contribution in [0.1, 0.15) is 4.88 Å². The van der Waals surface area contributed by atoms with Crippen LogP contribution in [0.3, 0.4) is 0 Å². The van der Waals surface area contributed by atoms with Gasteiger partial charge in [0.15, 0.2) is 0 Å². The lowest BCUT2D eigenvalue weighted by Crippen LogP contribution is -1.83. The monoisotopic (exact) mass is 230 g/mol. The lowest BCUT2D eigenvalue weighted by atomic mass is 10.5. The molecule has 0 fully saturated rings. The van der Waals surface area contributed by atoms with Gasteiger partial charge in [0.2, 0.25) is 0 Å². The molecule has 0 saturated carbocycles. The fourth-order valence-electron chi connectivity index (χ4n) is 0.554. The number of hydrogen-bond acceptors (Lipinski definition) is 3. The summed E-state index contributed by atoms with van der Waals surface area (Å²) in [5.41, 5.74) is 0. The minimum atomic E-state index is -3.60. The molecular formula is C5H4Cl2O2S2. The highest BCUT2D eigenvalue weighted by Crippen LogP contribution is 2.30. The smallest absolute Gasteiger partial charge is 0.206 e. The average Bonchev–Trinajstić information content (AvgIpc) is 2.11. The van der Waals surface area contributed by atoms with Crippen LogP contribution in [0, 0.1) is 6.92 Å². The molecule has 0 radical (unpaired) electrons. The lowest BCUT2D eigenvalue weighted by Gasteiger charge is -1.83. The van der Waals surface area contributed by atoms with E-state index in [1.165, 1.54) is 6.07 Å². The predicted molar refractivity (Wildman–Crippen MR) is 47.1 cm³/mol. The molecule has 62 valence electrons. The Morgan fingerprint density at radius 1 is 1.55 bits per heavy atom. The van der Waals surface area contributed by atoms with Crippen molar-refractivity contribution in [1.82, 2.24) is 0 Å². The zero-order valence-corrected chi connectivity index (χ0v) is 8.61. The summed E-state index contributed by atoms with van der Waals surface area (Å²) < 4.78 is 21.5. The van der Waals surface area contributed by atoms with Crippen LogP contribution in [0.25, 0.3) is 0 Å². The fourth-order valence-corrected chi connectivity index (χ4v) is 2.99. The van der Waals surface area contributed by atoms with Crippen molar-refractivity contribution in [3.8, 4) is 0 Å². The quantitative estimate of drug-likeness (QED) is 0.696. The van der Waals surface area contributed by atoms with E-state index in [0.717, 1.165) is 16.2 Å². The first-order chi connectivity index (χ1) is 4.91. The Hall–Kier alpha value is 0.230. The Labute approximate surface area is 78.2 Å². The summed E-state index contributed by atoms with van der Waals surface area (Å²) in [6, 6.07) is 1.35. The molecule has 0 aliphatic heterocycles. The normalized spacial score (nSPS) is 11.9. The molecule has 0 amide bonds. The predicted octanol–water partition coefficient (Wildman–Crippen LogP) is 2.64. The van der Waals surface area contributed by atoms with E-state index in [0.29, 0.717) is 5.02 Å². The van der Waals surface area contributed by atoms with Crippen LogP contribution >= 0.6 is 33.6 Å². The summed E-state index contributed by atoms with van der Waals surface area (Å²) >= 11 is 6.69. The van der Waals surface area contributed by atoms with Gasteiger partial charge in [-0.15, -0.1) is 11.3 Å². The SMILES string of the molecule is Cc1sc(S(=O)(=O)Cl)cc1Cl. The van der Waals surface area contributed by atoms with Crippen LogP contribution in [0.4, 0.5) is 0 Å². The van der Waals surface area contributed by atoms with Crippen molar-refractivity contribution in [2.45, 2.75) is 11.1 Å². The third kappa shape index (κ3) is 2.08. The van der Waals surface area contributed by atoms with E-state index in [-0.39, 0.29) is 4.21 Å². The Balaban J connectivity index is 3.29. The van der Waals surface area contributed by atoms with Crippen LogP contribution in [0.5, 0.6) is 0 Å². The van der Waals surface area contributed by atoms with Crippen molar-refractivity contribution in [2.75, 3.05) is 0 Å². The number of aryl methyl sites for hydroxylation is 1. The topological polar surface area (TPSA) is 34.1 Å². The first-order valence-electron chi connectivity index (χ1n) is 2.62. The molecule has 2 nitrogen and oxygen atoms in total. The molecule has 11 heavy (non-hydrogen) atoms. The molecule has 1 heterocycles. The highest BCUT2D eigenvalue weighted by Gasteiger charge is 2.14. The number of hydrogen-bond donors (Lipinski definition) is 0. The van der Waals surface area contributed by atoms with Gasteiger partial charge in [-0.1, -0.05) is 11.6 Å². The summed E-state index contributed by atoms with van der Waals surface area (Å²) in [5, 5.41) is 0.439. The lowest BCUT2D eigenvalue weighted by molar-refractivity contribution is 0.611. The van der Waals surface area contributed by atoms with E-state index in [1.54, 1.807) is 6.92 Å². The largest absolute Gasteiger partial charge is 0.270 e. The van der Waals surface area contributed by atoms with Gasteiger partial charge >= 0.3 is 0 Å². The summed E-state index contributed by atoms with van der Waals surface area (Å²) in [5.74, 6) is 0. The van der Waals surface area contributed by atoms with Gasteiger partial charge in [0, 0.05) is 15.6 Å². The van der Waals surface area contributed by atoms with Crippen molar-refractivity contribution in [1.29, 1.82) is 0 Å². The van der Waals surface area contributed by atoms with E-state index in [1.807, 2.05) is 0 Å². The zero-order chi connectivity index (χ0) is 8.65. The standard InChI is InChI=1S/C5H4Cl2O2S2/c1-3-4(6)2-5(10-3)11(7,8)9/h2H,1H3. The molecule has 0 aromatic carbocycles. The molecule has 0 aliphatic rings. The number of halogens is 2. The van der Waals surface area contributed by atoms with Gasteiger partial charge in [0.25, 0.3) is 9.05 Å². The second-order valence-electron chi connectivity index (χ2n) is 1.91. The van der Waals surface area contributed by atoms with Crippen LogP contribution < -0.4 is 0 Å². The molecule has 0 spiro atoms. The van der Waals surface area contributed by atoms with Crippen molar-refractivity contribution >= 4 is 42.7 Å². The summed E-state index contributed by atoms with van der Waals surface area (Å²) in [6.45, 7) is 1.73. The highest BCUT2D eigenvalue weighted by atomic mass is 35.7. The third-order valence-electron chi connectivity index (χ3n) is 1.07. The molecule has 0 bridgehead atoms. The first kappa shape index (κ1) is 9.32. The average molecular weight is 231 g/mol. The van der Waals surface area contributed by atoms with Crippen LogP contribution in [-0.2, 0) is 9.05 Å². The first-order valence-corrected chi connectivity index (χ1v) is 6.12. The summed E-state index contributed by atoms with van der Waals surface area (Å²) in [4.78, 5) is 0.755. The molecule has 1 aromatic rings. The molecule has 1 rings (SSSR count). The molecule has 0 N–H and O–H groups in total. The van der Waals surface area contributed by atoms with Crippen LogP contribution in [-0.4, -0.2) is 8.42 Å². The second-order valence-corrected chi connectivity index (χ2v) is 6.36. The van der Waals surface area contributed by atoms with E-state index in [2.05, 4.69) is 0 Å². The summed E-state index contributed by atoms with van der Waals surface area (Å²) in [7, 11) is 1.47. The van der Waals surface area contributed by atoms with Crippen molar-refractivity contribution in [2.24, 2.45) is 0 Å². The maximum absolute atomic E-state index is 10.7. The Morgan fingerprint density at radius 3 is 2.27 bits per heavy atom. The molecule has 0 aliphatic carbocycles. The molecular weight excluding hydrogens is 227 g/mol. The van der Waals surface area contributed by atoms with Crippen LogP contribution in [0.15, 0.2) is 10.3 Å². The van der Waals surface area contributed by atoms with Crippen molar-refractivity contribution < 1.29 is 8.42 Å². The van der Waals surface area contributed by atoms with Gasteiger partial charge in [0.05, 0.1) is 5.02 Å². The number of rotatable bonds is 1. The molecule has 6 heteroatoms. The molecule has 1 aromatic heterocycles. The van der Waals surface area contributed by atoms with Crippen molar-refractivity contribution in [3.05, 3.63) is 16.0 Å². The maximum Gasteiger partial charge on any atom is 0.270 e. The molecule has 0 atom stereocenters. The van der Waals surface area contributed by atoms with Gasteiger partial charge in [-0.2, -0.15) is 0 Å². The van der Waals surface area contributed by atoms with Gasteiger partial charge in [-0.25, -0.2) is 8.42 Å². The molecule has 0 unspecified atom stereocenters. The minimum Gasteiger partial charge on any atom is -0.206 e. The van der Waals surface area contributed by atoms with E-state index in [9.17, 15) is 8.42 Å². The van der Waals surface area contributed by atoms with Gasteiger partial charge in [0.1, 0.15) is 4.21 Å². The Morgan fingerprint density at radius 2 is 2.09 bits per heavy atom. The van der Waals surface area contributed by atoms with E-state index >= 15 is 0 Å². The van der Waals surface area contributed by atoms with E-state index < -0.39 is 9.05 Å². The highest BCUT2D eigenvalue weighted by molar-refractivity contribution is 8.15. The van der Waals surface area contributed by atoms with E-state index in [4.69, 9.17) is 22.3 Å². The summed E-state index contributed by atoms with van der Waals surface area (Å²) in [6.07, 6.45) is 0. The Bertz CT molecular complexity index is 346. The zero-order valence-electron chi connectivity index (χ0n) is 5.47. The van der Waals surface area contributed by atoms with Gasteiger partial charge in [-0.05, 0) is 13.0 Å². The number of thiophene rings is 1. The second kappa shape index (κ2) is 2.94. The third-order valence-corrected chi connectivity index (χ3v) is 4.70. The minimum absolute atomic E-state index is 0.0988. The fraction of sp³-hybridized carbons (Fsp3) is 0.200. The van der Waals surface area contributed by atoms with Crippen LogP contribution in [0.2, 0.25) is 5.02 Å². The van der Waals surface area contributed by atoms with Gasteiger partial charge in [-0.3, -0.25) is 0 Å². The molecule has 0 saturated heterocycles.